The van der Waals surface area contributed by atoms with E-state index in [4.69, 9.17) is 0 Å². The number of benzene rings is 3. The number of carbonyl (C=O) groups is 1. The first kappa shape index (κ1) is 15.7. The second kappa shape index (κ2) is 6.93. The van der Waals surface area contributed by atoms with Crippen LogP contribution in [0, 0.1) is 0 Å². The van der Waals surface area contributed by atoms with Gasteiger partial charge < -0.3 is 10.2 Å². The van der Waals surface area contributed by atoms with E-state index >= 15 is 0 Å². The van der Waals surface area contributed by atoms with Gasteiger partial charge in [0.15, 0.2) is 6.10 Å². The van der Waals surface area contributed by atoms with Gasteiger partial charge in [-0.3, -0.25) is 4.79 Å². The van der Waals surface area contributed by atoms with Gasteiger partial charge in [-0.05, 0) is 17.0 Å². The fraction of sp³-hybridized carbons (Fsp3) is 0.0526. The van der Waals surface area contributed by atoms with Crippen molar-refractivity contribution in [3.63, 3.8) is 0 Å². The predicted molar refractivity (Wildman–Crippen MR) is 92.8 cm³/mol. The molecule has 0 saturated heterocycles. The molecule has 0 heterocycles. The van der Waals surface area contributed by atoms with E-state index in [0.717, 1.165) is 5.39 Å². The monoisotopic (exact) mass is 320 g/mol. The van der Waals surface area contributed by atoms with E-state index in [1.807, 2.05) is 24.3 Å². The molecule has 5 heteroatoms. The molecule has 1 amide bonds. The molecular formula is C19H16N2O3. The molecule has 0 aliphatic carbocycles. The highest BCUT2D eigenvalue weighted by Crippen LogP contribution is 2.27. The molecule has 0 aliphatic rings. The number of nitrogens with one attached hydrogen (secondary N) is 1. The maximum Gasteiger partial charge on any atom is 0.273 e. The van der Waals surface area contributed by atoms with Gasteiger partial charge >= 0.3 is 0 Å². The van der Waals surface area contributed by atoms with Crippen LogP contribution in [0.4, 0.5) is 0 Å². The van der Waals surface area contributed by atoms with Gasteiger partial charge in [0.2, 0.25) is 0 Å². The highest BCUT2D eigenvalue weighted by Gasteiger charge is 2.16. The summed E-state index contributed by atoms with van der Waals surface area (Å²) in [6.45, 7) is 0. The van der Waals surface area contributed by atoms with Crippen LogP contribution in [0.1, 0.15) is 17.2 Å². The number of aliphatic hydroxyl groups excluding tert-OH is 1. The Hall–Kier alpha value is -3.18. The zero-order valence-corrected chi connectivity index (χ0v) is 12.8. The number of phenolic OH excluding ortho intramolecular Hbond substituents is 1. The van der Waals surface area contributed by atoms with E-state index in [1.54, 1.807) is 42.5 Å². The average molecular weight is 320 g/mol. The number of hydrazone groups is 1. The standard InChI is InChI=1S/C19H16N2O3/c22-17-15(11-10-13-6-4-5-9-16(13)17)12-20-21-19(24)18(23)14-7-2-1-3-8-14/h1-12,18,22-23H,(H,21,24)/b20-12+. The Morgan fingerprint density at radius 1 is 1.00 bits per heavy atom. The molecule has 24 heavy (non-hydrogen) atoms. The Balaban J connectivity index is 1.72. The number of hydrogen-bond acceptors (Lipinski definition) is 4. The zero-order valence-electron chi connectivity index (χ0n) is 12.8. The van der Waals surface area contributed by atoms with Gasteiger partial charge in [-0.2, -0.15) is 5.10 Å². The van der Waals surface area contributed by atoms with Crippen molar-refractivity contribution in [2.45, 2.75) is 6.10 Å². The van der Waals surface area contributed by atoms with E-state index in [2.05, 4.69) is 10.5 Å². The normalized spacial score (nSPS) is 12.4. The van der Waals surface area contributed by atoms with Crippen LogP contribution in [0.25, 0.3) is 10.8 Å². The SMILES string of the molecule is O=C(N/N=C/c1ccc2ccccc2c1O)C(O)c1ccccc1. The second-order valence-electron chi connectivity index (χ2n) is 5.27. The highest BCUT2D eigenvalue weighted by molar-refractivity contribution is 5.97. The number of phenols is 1. The quantitative estimate of drug-likeness (QED) is 0.510. The Morgan fingerprint density at radius 3 is 2.50 bits per heavy atom. The first-order valence-electron chi connectivity index (χ1n) is 7.43. The molecule has 3 N–H and O–H groups in total. The molecule has 3 aromatic rings. The minimum Gasteiger partial charge on any atom is -0.507 e. The largest absolute Gasteiger partial charge is 0.507 e. The van der Waals surface area contributed by atoms with Crippen LogP contribution in [0.15, 0.2) is 71.8 Å². The number of aliphatic hydroxyl groups is 1. The lowest BCUT2D eigenvalue weighted by Gasteiger charge is -2.08. The maximum absolute atomic E-state index is 11.9. The molecule has 3 rings (SSSR count). The van der Waals surface area contributed by atoms with Crippen molar-refractivity contribution >= 4 is 22.9 Å². The van der Waals surface area contributed by atoms with Crippen molar-refractivity contribution in [2.75, 3.05) is 0 Å². The van der Waals surface area contributed by atoms with E-state index in [1.165, 1.54) is 6.21 Å². The summed E-state index contributed by atoms with van der Waals surface area (Å²) in [5.41, 5.74) is 3.23. The van der Waals surface area contributed by atoms with Crippen molar-refractivity contribution < 1.29 is 15.0 Å². The van der Waals surface area contributed by atoms with Gasteiger partial charge in [-0.15, -0.1) is 0 Å². The Kier molecular flexibility index (Phi) is 4.54. The topological polar surface area (TPSA) is 81.9 Å². The fourth-order valence-electron chi connectivity index (χ4n) is 2.39. The third-order valence-corrected chi connectivity index (χ3v) is 3.67. The first-order valence-corrected chi connectivity index (χ1v) is 7.43. The summed E-state index contributed by atoms with van der Waals surface area (Å²) in [5.74, 6) is -0.549. The van der Waals surface area contributed by atoms with Crippen LogP contribution >= 0.6 is 0 Å². The molecule has 120 valence electrons. The molecular weight excluding hydrogens is 304 g/mol. The lowest BCUT2D eigenvalue weighted by atomic mass is 10.1. The summed E-state index contributed by atoms with van der Waals surface area (Å²) in [4.78, 5) is 11.9. The Bertz CT molecular complexity index is 892. The van der Waals surface area contributed by atoms with Crippen molar-refractivity contribution in [2.24, 2.45) is 5.10 Å². The van der Waals surface area contributed by atoms with Crippen LogP contribution in [0.3, 0.4) is 0 Å². The smallest absolute Gasteiger partial charge is 0.273 e. The third-order valence-electron chi connectivity index (χ3n) is 3.67. The van der Waals surface area contributed by atoms with Crippen molar-refractivity contribution in [1.82, 2.24) is 5.43 Å². The number of fused-ring (bicyclic) bond motifs is 1. The molecule has 0 radical (unpaired) electrons. The van der Waals surface area contributed by atoms with E-state index in [0.29, 0.717) is 16.5 Å². The lowest BCUT2D eigenvalue weighted by Crippen LogP contribution is -2.25. The van der Waals surface area contributed by atoms with Crippen LogP contribution in [-0.4, -0.2) is 22.3 Å². The van der Waals surface area contributed by atoms with Gasteiger partial charge in [0.25, 0.3) is 5.91 Å². The second-order valence-corrected chi connectivity index (χ2v) is 5.27. The maximum atomic E-state index is 11.9. The molecule has 1 unspecified atom stereocenters. The highest BCUT2D eigenvalue weighted by atomic mass is 16.3. The number of carbonyl (C=O) groups excluding carboxylic acids is 1. The first-order chi connectivity index (χ1) is 11.7. The van der Waals surface area contributed by atoms with Gasteiger partial charge in [0, 0.05) is 10.9 Å². The molecule has 0 aliphatic heterocycles. The van der Waals surface area contributed by atoms with Gasteiger partial charge in [0.1, 0.15) is 5.75 Å². The number of hydrogen-bond donors (Lipinski definition) is 3. The van der Waals surface area contributed by atoms with E-state index < -0.39 is 12.0 Å². The predicted octanol–water partition coefficient (Wildman–Crippen LogP) is 2.73. The molecule has 0 bridgehead atoms. The fourth-order valence-corrected chi connectivity index (χ4v) is 2.39. The zero-order chi connectivity index (χ0) is 16.9. The summed E-state index contributed by atoms with van der Waals surface area (Å²) in [7, 11) is 0. The summed E-state index contributed by atoms with van der Waals surface area (Å²) < 4.78 is 0. The van der Waals surface area contributed by atoms with Crippen LogP contribution < -0.4 is 5.43 Å². The molecule has 0 spiro atoms. The van der Waals surface area contributed by atoms with Gasteiger partial charge in [0.05, 0.1) is 6.21 Å². The van der Waals surface area contributed by atoms with E-state index in [9.17, 15) is 15.0 Å². The van der Waals surface area contributed by atoms with Gasteiger partial charge in [-0.25, -0.2) is 5.43 Å². The molecule has 0 fully saturated rings. The number of rotatable bonds is 4. The molecule has 0 aromatic heterocycles. The van der Waals surface area contributed by atoms with Crippen molar-refractivity contribution in [1.29, 1.82) is 0 Å². The third kappa shape index (κ3) is 3.26. The minimum atomic E-state index is -1.30. The molecule has 3 aromatic carbocycles. The van der Waals surface area contributed by atoms with Crippen LogP contribution in [0.2, 0.25) is 0 Å². The summed E-state index contributed by atoms with van der Waals surface area (Å²) in [5, 5.41) is 25.6. The molecule has 0 saturated carbocycles. The van der Waals surface area contributed by atoms with Crippen molar-refractivity contribution in [3.05, 3.63) is 77.9 Å². The Labute approximate surface area is 138 Å². The van der Waals surface area contributed by atoms with Crippen LogP contribution in [-0.2, 0) is 4.79 Å². The summed E-state index contributed by atoms with van der Waals surface area (Å²) in [6.07, 6.45) is 0.0470. The summed E-state index contributed by atoms with van der Waals surface area (Å²) >= 11 is 0. The van der Waals surface area contributed by atoms with Crippen molar-refractivity contribution in [3.8, 4) is 5.75 Å². The van der Waals surface area contributed by atoms with Crippen LogP contribution in [0.5, 0.6) is 5.75 Å². The lowest BCUT2D eigenvalue weighted by molar-refractivity contribution is -0.129. The molecule has 1 atom stereocenters. The Morgan fingerprint density at radius 2 is 1.71 bits per heavy atom. The van der Waals surface area contributed by atoms with E-state index in [-0.39, 0.29) is 5.75 Å². The molecule has 5 nitrogen and oxygen atoms in total. The number of aromatic hydroxyl groups is 1. The number of nitrogens with zero attached hydrogens (tertiary/aromatic N) is 1. The minimum absolute atomic E-state index is 0.0923. The average Bonchev–Trinajstić information content (AvgIpc) is 2.64. The van der Waals surface area contributed by atoms with Gasteiger partial charge in [-0.1, -0.05) is 60.7 Å². The summed E-state index contributed by atoms with van der Waals surface area (Å²) in [6, 6.07) is 19.6. The number of amides is 1.